The van der Waals surface area contributed by atoms with Crippen molar-refractivity contribution in [3.05, 3.63) is 69.8 Å². The molecular weight excluding hydrogens is 454 g/mol. The highest BCUT2D eigenvalue weighted by Crippen LogP contribution is 2.43. The number of piperazine rings is 1. The third kappa shape index (κ3) is 2.95. The first-order valence-electron chi connectivity index (χ1n) is 11.1. The fraction of sp³-hybridized carbons (Fsp3) is 0.360. The van der Waals surface area contributed by atoms with Crippen LogP contribution in [0.5, 0.6) is 0 Å². The molecule has 0 radical (unpaired) electrons. The number of para-hydroxylation sites is 1. The normalized spacial score (nSPS) is 24.0. The average molecular weight is 478 g/mol. The Morgan fingerprint density at radius 1 is 0.968 bits per heavy atom. The van der Waals surface area contributed by atoms with Gasteiger partial charge in [0.05, 0.1) is 6.04 Å². The van der Waals surface area contributed by atoms with E-state index in [1.54, 1.807) is 0 Å². The van der Waals surface area contributed by atoms with Crippen LogP contribution in [-0.2, 0) is 16.0 Å². The SMILES string of the molecule is O=C1[C@@H]2Cc3c([nH]c4ccccc34)C(c3ccc(Br)cc3)N2C(=O)CN1C1CCCC1. The number of amides is 2. The van der Waals surface area contributed by atoms with Crippen LogP contribution in [0.1, 0.15) is 48.5 Å². The summed E-state index contributed by atoms with van der Waals surface area (Å²) >= 11 is 3.52. The summed E-state index contributed by atoms with van der Waals surface area (Å²) in [6, 6.07) is 15.8. The average Bonchev–Trinajstić information content (AvgIpc) is 3.44. The first kappa shape index (κ1) is 19.1. The van der Waals surface area contributed by atoms with Crippen molar-refractivity contribution >= 4 is 38.6 Å². The zero-order valence-corrected chi connectivity index (χ0v) is 18.8. The molecular formula is C25H24BrN3O2. The topological polar surface area (TPSA) is 56.4 Å². The zero-order valence-electron chi connectivity index (χ0n) is 17.2. The Hall–Kier alpha value is -2.60. The lowest BCUT2D eigenvalue weighted by Crippen LogP contribution is -2.64. The number of fused-ring (bicyclic) bond motifs is 4. The van der Waals surface area contributed by atoms with Gasteiger partial charge < -0.3 is 14.8 Å². The lowest BCUT2D eigenvalue weighted by atomic mass is 9.86. The molecule has 2 atom stereocenters. The van der Waals surface area contributed by atoms with Crippen LogP contribution in [0.2, 0.25) is 0 Å². The molecule has 6 rings (SSSR count). The number of carbonyl (C=O) groups is 2. The molecule has 1 aliphatic carbocycles. The monoisotopic (exact) mass is 477 g/mol. The molecule has 2 aliphatic heterocycles. The summed E-state index contributed by atoms with van der Waals surface area (Å²) in [5, 5.41) is 1.15. The minimum atomic E-state index is -0.442. The molecule has 1 unspecified atom stereocenters. The molecule has 3 heterocycles. The van der Waals surface area contributed by atoms with E-state index in [0.717, 1.165) is 52.3 Å². The Balaban J connectivity index is 1.51. The Morgan fingerprint density at radius 3 is 2.48 bits per heavy atom. The van der Waals surface area contributed by atoms with Crippen LogP contribution in [0.3, 0.4) is 0 Å². The number of benzene rings is 2. The van der Waals surface area contributed by atoms with Crippen molar-refractivity contribution in [2.75, 3.05) is 6.54 Å². The van der Waals surface area contributed by atoms with Gasteiger partial charge in [0.15, 0.2) is 0 Å². The molecule has 2 aromatic carbocycles. The van der Waals surface area contributed by atoms with E-state index in [9.17, 15) is 9.59 Å². The van der Waals surface area contributed by atoms with Crippen LogP contribution >= 0.6 is 15.9 Å². The second kappa shape index (κ2) is 7.23. The quantitative estimate of drug-likeness (QED) is 0.588. The second-order valence-electron chi connectivity index (χ2n) is 8.94. The van der Waals surface area contributed by atoms with E-state index >= 15 is 0 Å². The maximum Gasteiger partial charge on any atom is 0.246 e. The van der Waals surface area contributed by atoms with Crippen LogP contribution < -0.4 is 0 Å². The van der Waals surface area contributed by atoms with Crippen LogP contribution in [0.25, 0.3) is 10.9 Å². The molecule has 6 heteroatoms. The Morgan fingerprint density at radius 2 is 1.71 bits per heavy atom. The zero-order chi connectivity index (χ0) is 21.1. The van der Waals surface area contributed by atoms with Gasteiger partial charge in [0.1, 0.15) is 12.6 Å². The van der Waals surface area contributed by atoms with E-state index in [1.165, 1.54) is 5.56 Å². The highest BCUT2D eigenvalue weighted by molar-refractivity contribution is 9.10. The second-order valence-corrected chi connectivity index (χ2v) is 9.86. The number of hydrogen-bond donors (Lipinski definition) is 1. The van der Waals surface area contributed by atoms with E-state index in [4.69, 9.17) is 0 Å². The molecule has 158 valence electrons. The van der Waals surface area contributed by atoms with Gasteiger partial charge in [-0.3, -0.25) is 9.59 Å². The molecule has 1 aromatic heterocycles. The third-order valence-corrected chi connectivity index (χ3v) is 7.77. The molecule has 0 spiro atoms. The van der Waals surface area contributed by atoms with Gasteiger partial charge in [-0.15, -0.1) is 0 Å². The van der Waals surface area contributed by atoms with Gasteiger partial charge in [-0.2, -0.15) is 0 Å². The predicted octanol–water partition coefficient (Wildman–Crippen LogP) is 4.56. The van der Waals surface area contributed by atoms with Crippen molar-refractivity contribution < 1.29 is 9.59 Å². The number of nitrogens with zero attached hydrogens (tertiary/aromatic N) is 2. The maximum atomic E-state index is 13.7. The summed E-state index contributed by atoms with van der Waals surface area (Å²) in [6.45, 7) is 0.197. The molecule has 2 amide bonds. The van der Waals surface area contributed by atoms with E-state index in [1.807, 2.05) is 46.2 Å². The number of halogens is 1. The summed E-state index contributed by atoms with van der Waals surface area (Å²) in [5.74, 6) is 0.165. The highest BCUT2D eigenvalue weighted by atomic mass is 79.9. The first-order chi connectivity index (χ1) is 15.1. The van der Waals surface area contributed by atoms with E-state index < -0.39 is 6.04 Å². The lowest BCUT2D eigenvalue weighted by Gasteiger charge is -2.48. The Bertz CT molecular complexity index is 1180. The van der Waals surface area contributed by atoms with E-state index in [-0.39, 0.29) is 30.4 Å². The van der Waals surface area contributed by atoms with E-state index in [0.29, 0.717) is 6.42 Å². The van der Waals surface area contributed by atoms with Gasteiger partial charge in [0.2, 0.25) is 11.8 Å². The van der Waals surface area contributed by atoms with Gasteiger partial charge >= 0.3 is 0 Å². The first-order valence-corrected chi connectivity index (χ1v) is 11.9. The van der Waals surface area contributed by atoms with Crippen LogP contribution in [0, 0.1) is 0 Å². The lowest BCUT2D eigenvalue weighted by molar-refractivity contribution is -0.160. The smallest absolute Gasteiger partial charge is 0.246 e. The minimum absolute atomic E-state index is 0.0497. The predicted molar refractivity (Wildman–Crippen MR) is 123 cm³/mol. The molecule has 3 aliphatic rings. The van der Waals surface area contributed by atoms with Crippen molar-refractivity contribution in [3.63, 3.8) is 0 Å². The fourth-order valence-corrected chi connectivity index (χ4v) is 6.07. The standard InChI is InChI=1S/C25H24BrN3O2/c26-16-11-9-15(10-12-16)24-23-19(18-7-3-4-8-20(18)27-23)13-21-25(31)28(14-22(30)29(21)24)17-5-1-2-6-17/h3-4,7-12,17,21,24,27H,1-2,5-6,13-14H2/t21-,24?/m0/s1. The summed E-state index contributed by atoms with van der Waals surface area (Å²) in [6.07, 6.45) is 4.89. The van der Waals surface area contributed by atoms with E-state index in [2.05, 4.69) is 33.0 Å². The largest absolute Gasteiger partial charge is 0.356 e. The third-order valence-electron chi connectivity index (χ3n) is 7.24. The van der Waals surface area contributed by atoms with Gasteiger partial charge in [0.25, 0.3) is 0 Å². The number of H-pyrrole nitrogens is 1. The minimum Gasteiger partial charge on any atom is -0.356 e. The van der Waals surface area contributed by atoms with Crippen molar-refractivity contribution in [3.8, 4) is 0 Å². The summed E-state index contributed by atoms with van der Waals surface area (Å²) in [5.41, 5.74) is 4.28. The maximum absolute atomic E-state index is 13.7. The molecule has 1 N–H and O–H groups in total. The van der Waals surface area contributed by atoms with Crippen molar-refractivity contribution in [1.29, 1.82) is 0 Å². The van der Waals surface area contributed by atoms with Gasteiger partial charge in [-0.05, 0) is 42.2 Å². The number of aromatic amines is 1. The number of aromatic nitrogens is 1. The number of hydrogen-bond acceptors (Lipinski definition) is 2. The van der Waals surface area contributed by atoms with Crippen molar-refractivity contribution in [2.45, 2.75) is 50.2 Å². The highest BCUT2D eigenvalue weighted by Gasteiger charge is 2.49. The number of nitrogens with one attached hydrogen (secondary N) is 1. The van der Waals surface area contributed by atoms with Crippen molar-refractivity contribution in [1.82, 2.24) is 14.8 Å². The molecule has 1 saturated heterocycles. The molecule has 5 nitrogen and oxygen atoms in total. The molecule has 31 heavy (non-hydrogen) atoms. The summed E-state index contributed by atoms with van der Waals surface area (Å²) in [7, 11) is 0. The van der Waals surface area contributed by atoms with Crippen molar-refractivity contribution in [2.24, 2.45) is 0 Å². The number of carbonyl (C=O) groups excluding carboxylic acids is 2. The van der Waals surface area contributed by atoms with Crippen LogP contribution in [0.4, 0.5) is 0 Å². The Kier molecular flexibility index (Phi) is 4.46. The fourth-order valence-electron chi connectivity index (χ4n) is 5.80. The van der Waals surface area contributed by atoms with Crippen LogP contribution in [-0.4, -0.2) is 45.2 Å². The van der Waals surface area contributed by atoms with Gasteiger partial charge in [-0.1, -0.05) is 59.1 Å². The molecule has 0 bridgehead atoms. The van der Waals surface area contributed by atoms with Gasteiger partial charge in [-0.25, -0.2) is 0 Å². The summed E-state index contributed by atoms with van der Waals surface area (Å²) < 4.78 is 0.994. The number of rotatable bonds is 2. The molecule has 2 fully saturated rings. The molecule has 3 aromatic rings. The van der Waals surface area contributed by atoms with Crippen LogP contribution in [0.15, 0.2) is 53.0 Å². The van der Waals surface area contributed by atoms with Gasteiger partial charge in [0, 0.05) is 33.5 Å². The summed E-state index contributed by atoms with van der Waals surface area (Å²) in [4.78, 5) is 34.6. The molecule has 1 saturated carbocycles. The Labute approximate surface area is 189 Å².